The number of amides is 2. The number of aromatic nitrogens is 1. The number of carbonyl (C=O) groups excluding carboxylic acids is 1. The largest absolute Gasteiger partial charge is 0.330 e. The molecule has 2 rings (SSSR count). The normalized spacial score (nSPS) is 20.5. The quantitative estimate of drug-likeness (QED) is 0.859. The van der Waals surface area contributed by atoms with E-state index in [4.69, 9.17) is 0 Å². The molecule has 0 aromatic carbocycles. The maximum atomic E-state index is 12.3. The molecule has 0 unspecified atom stereocenters. The lowest BCUT2D eigenvalue weighted by molar-refractivity contribution is 0.174. The number of nitrogens with zero attached hydrogens (tertiary/aromatic N) is 2. The van der Waals surface area contributed by atoms with E-state index in [1.807, 2.05) is 25.1 Å². The van der Waals surface area contributed by atoms with Crippen LogP contribution in [-0.4, -0.2) is 49.7 Å². The van der Waals surface area contributed by atoms with Crippen molar-refractivity contribution in [3.63, 3.8) is 0 Å². The van der Waals surface area contributed by atoms with Gasteiger partial charge in [0.2, 0.25) is 10.0 Å². The molecule has 1 aliphatic rings. The zero-order chi connectivity index (χ0) is 16.2. The highest BCUT2D eigenvalue weighted by Crippen LogP contribution is 2.13. The Hall–Kier alpha value is -1.67. The first kappa shape index (κ1) is 16.7. The molecule has 0 saturated carbocycles. The van der Waals surface area contributed by atoms with E-state index in [0.29, 0.717) is 13.1 Å². The number of nitrogens with one attached hydrogen (secondary N) is 2. The Bertz CT molecular complexity index is 606. The maximum absolute atomic E-state index is 12.3. The molecule has 1 aliphatic heterocycles. The molecular formula is C14H22N4O3S. The summed E-state index contributed by atoms with van der Waals surface area (Å²) in [4.78, 5) is 18.2. The number of pyridine rings is 1. The number of urea groups is 1. The van der Waals surface area contributed by atoms with Gasteiger partial charge in [0.25, 0.3) is 0 Å². The molecule has 2 N–H and O–H groups in total. The van der Waals surface area contributed by atoms with Gasteiger partial charge < -0.3 is 10.2 Å². The van der Waals surface area contributed by atoms with Gasteiger partial charge in [-0.1, -0.05) is 6.07 Å². The summed E-state index contributed by atoms with van der Waals surface area (Å²) in [5.41, 5.74) is 0.790. The molecule has 0 bridgehead atoms. The van der Waals surface area contributed by atoms with Crippen molar-refractivity contribution >= 4 is 16.1 Å². The van der Waals surface area contributed by atoms with Crippen molar-refractivity contribution < 1.29 is 13.2 Å². The molecule has 1 aromatic heterocycles. The Morgan fingerprint density at radius 3 is 2.86 bits per heavy atom. The van der Waals surface area contributed by atoms with E-state index in [1.165, 1.54) is 0 Å². The fourth-order valence-corrected chi connectivity index (χ4v) is 3.34. The summed E-state index contributed by atoms with van der Waals surface area (Å²) in [5, 5.41) is 2.90. The Balaban J connectivity index is 1.92. The highest BCUT2D eigenvalue weighted by atomic mass is 32.2. The van der Waals surface area contributed by atoms with Gasteiger partial charge in [-0.15, -0.1) is 0 Å². The van der Waals surface area contributed by atoms with E-state index in [-0.39, 0.29) is 18.1 Å². The van der Waals surface area contributed by atoms with Crippen molar-refractivity contribution in [2.75, 3.05) is 19.3 Å². The molecule has 22 heavy (non-hydrogen) atoms. The third-order valence-electron chi connectivity index (χ3n) is 3.56. The van der Waals surface area contributed by atoms with Gasteiger partial charge >= 0.3 is 6.03 Å². The van der Waals surface area contributed by atoms with Crippen molar-refractivity contribution in [2.24, 2.45) is 0 Å². The second-order valence-corrected chi connectivity index (χ2v) is 7.38. The fraction of sp³-hybridized carbons (Fsp3) is 0.571. The molecule has 2 atom stereocenters. The van der Waals surface area contributed by atoms with Gasteiger partial charge in [-0.05, 0) is 31.9 Å². The Morgan fingerprint density at radius 1 is 1.45 bits per heavy atom. The minimum Gasteiger partial charge on any atom is -0.330 e. The average molecular weight is 326 g/mol. The first-order chi connectivity index (χ1) is 10.3. The lowest BCUT2D eigenvalue weighted by Crippen LogP contribution is -2.52. The zero-order valence-electron chi connectivity index (χ0n) is 12.8. The van der Waals surface area contributed by atoms with Gasteiger partial charge in [-0.25, -0.2) is 17.9 Å². The minimum atomic E-state index is -3.26. The lowest BCUT2D eigenvalue weighted by Gasteiger charge is -2.33. The van der Waals surface area contributed by atoms with Gasteiger partial charge in [-0.3, -0.25) is 4.98 Å². The van der Waals surface area contributed by atoms with Crippen molar-refractivity contribution in [3.05, 3.63) is 30.1 Å². The summed E-state index contributed by atoms with van der Waals surface area (Å²) >= 11 is 0. The predicted octanol–water partition coefficient (Wildman–Crippen LogP) is 0.866. The third-order valence-corrected chi connectivity index (χ3v) is 4.32. The van der Waals surface area contributed by atoms with Gasteiger partial charge in [0, 0.05) is 25.3 Å². The van der Waals surface area contributed by atoms with E-state index < -0.39 is 10.0 Å². The van der Waals surface area contributed by atoms with Crippen LogP contribution >= 0.6 is 0 Å². The van der Waals surface area contributed by atoms with Crippen LogP contribution < -0.4 is 10.0 Å². The standard InChI is InChI=1S/C14H22N4O3S/c1-11(13-7-3-4-8-15-13)16-14(19)18-9-5-6-12(10-18)17-22(2,20)21/h3-4,7-8,11-12,17H,5-6,9-10H2,1-2H3,(H,16,19)/t11-,12-/m1/s1. The smallest absolute Gasteiger partial charge is 0.317 e. The molecule has 0 radical (unpaired) electrons. The summed E-state index contributed by atoms with van der Waals surface area (Å²) in [5.74, 6) is 0. The Kier molecular flexibility index (Phi) is 5.36. The summed E-state index contributed by atoms with van der Waals surface area (Å²) < 4.78 is 25.2. The van der Waals surface area contributed by atoms with Crippen LogP contribution in [0.5, 0.6) is 0 Å². The molecule has 7 nitrogen and oxygen atoms in total. The van der Waals surface area contributed by atoms with Crippen molar-refractivity contribution in [3.8, 4) is 0 Å². The summed E-state index contributed by atoms with van der Waals surface area (Å²) in [6, 6.07) is 4.94. The molecule has 0 aliphatic carbocycles. The number of rotatable bonds is 4. The number of carbonyl (C=O) groups is 1. The SMILES string of the molecule is C[C@@H](NC(=O)N1CCC[C@@H](NS(C)(=O)=O)C1)c1ccccn1. The molecule has 122 valence electrons. The van der Waals surface area contributed by atoms with Crippen LogP contribution in [0.4, 0.5) is 4.79 Å². The molecule has 2 amide bonds. The van der Waals surface area contributed by atoms with Crippen LogP contribution in [0, 0.1) is 0 Å². The average Bonchev–Trinajstić information content (AvgIpc) is 2.46. The topological polar surface area (TPSA) is 91.4 Å². The van der Waals surface area contributed by atoms with Crippen molar-refractivity contribution in [2.45, 2.75) is 31.8 Å². The second-order valence-electron chi connectivity index (χ2n) is 5.60. The van der Waals surface area contributed by atoms with Crippen LogP contribution in [0.2, 0.25) is 0 Å². The van der Waals surface area contributed by atoms with Crippen molar-refractivity contribution in [1.82, 2.24) is 19.9 Å². The molecule has 2 heterocycles. The molecule has 1 aromatic rings. The summed E-state index contributed by atoms with van der Waals surface area (Å²) in [6.07, 6.45) is 4.34. The van der Waals surface area contributed by atoms with Gasteiger partial charge in [0.1, 0.15) is 0 Å². The highest BCUT2D eigenvalue weighted by molar-refractivity contribution is 7.88. The summed E-state index contributed by atoms with van der Waals surface area (Å²) in [6.45, 7) is 2.88. The van der Waals surface area contributed by atoms with E-state index in [9.17, 15) is 13.2 Å². The predicted molar refractivity (Wildman–Crippen MR) is 83.8 cm³/mol. The lowest BCUT2D eigenvalue weighted by atomic mass is 10.1. The monoisotopic (exact) mass is 326 g/mol. The van der Waals surface area contributed by atoms with Crippen LogP contribution in [-0.2, 0) is 10.0 Å². The Morgan fingerprint density at radius 2 is 2.23 bits per heavy atom. The van der Waals surface area contributed by atoms with E-state index >= 15 is 0 Å². The molecule has 1 saturated heterocycles. The number of hydrogen-bond acceptors (Lipinski definition) is 4. The first-order valence-electron chi connectivity index (χ1n) is 7.29. The number of sulfonamides is 1. The summed E-state index contributed by atoms with van der Waals surface area (Å²) in [7, 11) is -3.26. The van der Waals surface area contributed by atoms with Crippen molar-refractivity contribution in [1.29, 1.82) is 0 Å². The molecular weight excluding hydrogens is 304 g/mol. The zero-order valence-corrected chi connectivity index (χ0v) is 13.6. The van der Waals surface area contributed by atoms with Crippen LogP contribution in [0.3, 0.4) is 0 Å². The van der Waals surface area contributed by atoms with E-state index in [2.05, 4.69) is 15.0 Å². The van der Waals surface area contributed by atoms with Gasteiger partial charge in [0.15, 0.2) is 0 Å². The maximum Gasteiger partial charge on any atom is 0.317 e. The van der Waals surface area contributed by atoms with Crippen LogP contribution in [0.15, 0.2) is 24.4 Å². The minimum absolute atomic E-state index is 0.196. The van der Waals surface area contributed by atoms with Crippen LogP contribution in [0.1, 0.15) is 31.5 Å². The highest BCUT2D eigenvalue weighted by Gasteiger charge is 2.26. The van der Waals surface area contributed by atoms with Gasteiger partial charge in [-0.2, -0.15) is 0 Å². The number of piperidine rings is 1. The van der Waals surface area contributed by atoms with E-state index in [1.54, 1.807) is 11.1 Å². The molecule has 0 spiro atoms. The molecule has 1 fully saturated rings. The fourth-order valence-electron chi connectivity index (χ4n) is 2.54. The third kappa shape index (κ3) is 4.96. The first-order valence-corrected chi connectivity index (χ1v) is 9.18. The van der Waals surface area contributed by atoms with Crippen LogP contribution in [0.25, 0.3) is 0 Å². The second kappa shape index (κ2) is 7.06. The molecule has 8 heteroatoms. The number of hydrogen-bond donors (Lipinski definition) is 2. The Labute approximate surface area is 131 Å². The number of likely N-dealkylation sites (tertiary alicyclic amines) is 1. The van der Waals surface area contributed by atoms with E-state index in [0.717, 1.165) is 24.8 Å². The van der Waals surface area contributed by atoms with Gasteiger partial charge in [0.05, 0.1) is 18.0 Å².